The molecule has 0 spiro atoms. The first-order valence-electron chi connectivity index (χ1n) is 6.68. The van der Waals surface area contributed by atoms with Crippen LogP contribution in [-0.4, -0.2) is 18.5 Å². The van der Waals surface area contributed by atoms with E-state index in [0.29, 0.717) is 11.3 Å². The lowest BCUT2D eigenvalue weighted by Gasteiger charge is -2.09. The number of nitrogens with zero attached hydrogens (tertiary/aromatic N) is 1. The molecule has 7 heteroatoms. The summed E-state index contributed by atoms with van der Waals surface area (Å²) in [6, 6.07) is 13.4. The van der Waals surface area contributed by atoms with E-state index < -0.39 is 17.8 Å². The second kappa shape index (κ2) is 7.56. The van der Waals surface area contributed by atoms with Crippen LogP contribution in [0.4, 0.5) is 20.6 Å². The van der Waals surface area contributed by atoms with E-state index in [4.69, 9.17) is 5.26 Å². The van der Waals surface area contributed by atoms with Gasteiger partial charge in [-0.15, -0.1) is 0 Å². The van der Waals surface area contributed by atoms with Crippen molar-refractivity contribution >= 4 is 23.3 Å². The lowest BCUT2D eigenvalue weighted by atomic mass is 10.2. The SMILES string of the molecule is N#Cc1ccc(NC(=O)NCC(=O)Nc2ccccc2F)cc1. The van der Waals surface area contributed by atoms with Crippen LogP contribution in [0, 0.1) is 17.1 Å². The summed E-state index contributed by atoms with van der Waals surface area (Å²) in [5.41, 5.74) is 1.00. The first-order chi connectivity index (χ1) is 11.1. The Hall–Kier alpha value is -3.40. The number of benzene rings is 2. The molecule has 116 valence electrons. The van der Waals surface area contributed by atoms with E-state index in [2.05, 4.69) is 16.0 Å². The molecule has 0 fully saturated rings. The highest BCUT2D eigenvalue weighted by Gasteiger charge is 2.08. The third kappa shape index (κ3) is 4.82. The van der Waals surface area contributed by atoms with E-state index in [9.17, 15) is 14.0 Å². The van der Waals surface area contributed by atoms with Crippen molar-refractivity contribution in [3.05, 3.63) is 59.9 Å². The normalized spacial score (nSPS) is 9.57. The van der Waals surface area contributed by atoms with E-state index in [1.165, 1.54) is 18.2 Å². The van der Waals surface area contributed by atoms with Crippen LogP contribution in [0.25, 0.3) is 0 Å². The number of anilines is 2. The topological polar surface area (TPSA) is 94.0 Å². The minimum absolute atomic E-state index is 0.0480. The molecule has 0 radical (unpaired) electrons. The van der Waals surface area contributed by atoms with E-state index in [0.717, 1.165) is 0 Å². The molecule has 0 aliphatic carbocycles. The highest BCUT2D eigenvalue weighted by atomic mass is 19.1. The van der Waals surface area contributed by atoms with Gasteiger partial charge in [-0.25, -0.2) is 9.18 Å². The summed E-state index contributed by atoms with van der Waals surface area (Å²) < 4.78 is 13.4. The first kappa shape index (κ1) is 16.0. The second-order valence-corrected chi connectivity index (χ2v) is 4.52. The van der Waals surface area contributed by atoms with Gasteiger partial charge in [0.05, 0.1) is 23.9 Å². The van der Waals surface area contributed by atoms with Crippen LogP contribution < -0.4 is 16.0 Å². The fourth-order valence-corrected chi connectivity index (χ4v) is 1.72. The van der Waals surface area contributed by atoms with E-state index in [1.54, 1.807) is 30.3 Å². The van der Waals surface area contributed by atoms with Crippen molar-refractivity contribution in [3.8, 4) is 6.07 Å². The van der Waals surface area contributed by atoms with Crippen LogP contribution in [0.15, 0.2) is 48.5 Å². The van der Waals surface area contributed by atoms with Gasteiger partial charge < -0.3 is 16.0 Å². The summed E-state index contributed by atoms with van der Waals surface area (Å²) in [7, 11) is 0. The molecule has 0 heterocycles. The van der Waals surface area contributed by atoms with Gasteiger partial charge in [0.25, 0.3) is 0 Å². The van der Waals surface area contributed by atoms with Crippen LogP contribution in [-0.2, 0) is 4.79 Å². The predicted molar refractivity (Wildman–Crippen MR) is 83.2 cm³/mol. The summed E-state index contributed by atoms with van der Waals surface area (Å²) in [6.07, 6.45) is 0. The summed E-state index contributed by atoms with van der Waals surface area (Å²) in [5.74, 6) is -1.10. The Bertz CT molecular complexity index is 753. The summed E-state index contributed by atoms with van der Waals surface area (Å²) in [5, 5.41) is 15.9. The molecule has 0 unspecified atom stereocenters. The minimum atomic E-state index is -0.585. The molecule has 2 rings (SSSR count). The smallest absolute Gasteiger partial charge is 0.319 e. The van der Waals surface area contributed by atoms with Gasteiger partial charge in [0, 0.05) is 5.69 Å². The predicted octanol–water partition coefficient (Wildman–Crippen LogP) is 2.46. The number of hydrogen-bond acceptors (Lipinski definition) is 3. The van der Waals surface area contributed by atoms with Gasteiger partial charge in [-0.1, -0.05) is 12.1 Å². The van der Waals surface area contributed by atoms with Gasteiger partial charge in [-0.05, 0) is 36.4 Å². The highest BCUT2D eigenvalue weighted by molar-refractivity contribution is 5.97. The zero-order valence-electron chi connectivity index (χ0n) is 12.0. The molecular formula is C16H13FN4O2. The number of nitriles is 1. The lowest BCUT2D eigenvalue weighted by Crippen LogP contribution is -2.35. The average molecular weight is 312 g/mol. The van der Waals surface area contributed by atoms with E-state index >= 15 is 0 Å². The largest absolute Gasteiger partial charge is 0.329 e. The Labute approximate surface area is 131 Å². The van der Waals surface area contributed by atoms with Gasteiger partial charge in [0.2, 0.25) is 5.91 Å². The number of carbonyl (C=O) groups excluding carboxylic acids is 2. The Morgan fingerprint density at radius 3 is 2.39 bits per heavy atom. The molecule has 2 aromatic carbocycles. The molecule has 0 aliphatic rings. The maximum Gasteiger partial charge on any atom is 0.319 e. The van der Waals surface area contributed by atoms with Crippen molar-refractivity contribution in [1.29, 1.82) is 5.26 Å². The molecule has 0 aromatic heterocycles. The third-order valence-electron chi connectivity index (χ3n) is 2.83. The molecule has 3 N–H and O–H groups in total. The Morgan fingerprint density at radius 2 is 1.74 bits per heavy atom. The number of halogens is 1. The van der Waals surface area contributed by atoms with Crippen molar-refractivity contribution < 1.29 is 14.0 Å². The van der Waals surface area contributed by atoms with Crippen molar-refractivity contribution in [2.24, 2.45) is 0 Å². The van der Waals surface area contributed by atoms with Gasteiger partial charge in [-0.3, -0.25) is 4.79 Å². The molecular weight excluding hydrogens is 299 g/mol. The van der Waals surface area contributed by atoms with Crippen molar-refractivity contribution in [2.75, 3.05) is 17.2 Å². The van der Waals surface area contributed by atoms with Crippen molar-refractivity contribution in [3.63, 3.8) is 0 Å². The van der Waals surface area contributed by atoms with Crippen LogP contribution in [0.1, 0.15) is 5.56 Å². The van der Waals surface area contributed by atoms with Gasteiger partial charge >= 0.3 is 6.03 Å². The number of carbonyl (C=O) groups is 2. The van der Waals surface area contributed by atoms with Crippen LogP contribution >= 0.6 is 0 Å². The van der Waals surface area contributed by atoms with Gasteiger partial charge in [0.1, 0.15) is 5.82 Å². The number of para-hydroxylation sites is 1. The first-order valence-corrected chi connectivity index (χ1v) is 6.68. The molecule has 0 aliphatic heterocycles. The third-order valence-corrected chi connectivity index (χ3v) is 2.83. The standard InChI is InChI=1S/C16H13FN4O2/c17-13-3-1-2-4-14(13)21-15(22)10-19-16(23)20-12-7-5-11(9-18)6-8-12/h1-8H,10H2,(H,21,22)(H2,19,20,23). The number of nitrogens with one attached hydrogen (secondary N) is 3. The molecule has 0 saturated heterocycles. The zero-order valence-corrected chi connectivity index (χ0v) is 12.0. The molecule has 0 atom stereocenters. The van der Waals surface area contributed by atoms with E-state index in [-0.39, 0.29) is 12.2 Å². The maximum atomic E-state index is 13.4. The van der Waals surface area contributed by atoms with Crippen molar-refractivity contribution in [2.45, 2.75) is 0 Å². The molecule has 2 aromatic rings. The van der Waals surface area contributed by atoms with Crippen LogP contribution in [0.3, 0.4) is 0 Å². The monoisotopic (exact) mass is 312 g/mol. The zero-order chi connectivity index (χ0) is 16.7. The molecule has 6 nitrogen and oxygen atoms in total. The van der Waals surface area contributed by atoms with Gasteiger partial charge in [-0.2, -0.15) is 5.26 Å². The molecule has 3 amide bonds. The van der Waals surface area contributed by atoms with Crippen molar-refractivity contribution in [1.82, 2.24) is 5.32 Å². The molecule has 0 saturated carbocycles. The summed E-state index contributed by atoms with van der Waals surface area (Å²) in [6.45, 7) is -0.309. The van der Waals surface area contributed by atoms with Crippen LogP contribution in [0.5, 0.6) is 0 Å². The molecule has 0 bridgehead atoms. The number of urea groups is 1. The highest BCUT2D eigenvalue weighted by Crippen LogP contribution is 2.12. The van der Waals surface area contributed by atoms with E-state index in [1.807, 2.05) is 6.07 Å². The van der Waals surface area contributed by atoms with Crippen LogP contribution in [0.2, 0.25) is 0 Å². The Morgan fingerprint density at radius 1 is 1.04 bits per heavy atom. The fourth-order valence-electron chi connectivity index (χ4n) is 1.72. The number of amides is 3. The Kier molecular flexibility index (Phi) is 5.25. The average Bonchev–Trinajstić information content (AvgIpc) is 2.56. The maximum absolute atomic E-state index is 13.4. The van der Waals surface area contributed by atoms with Gasteiger partial charge in [0.15, 0.2) is 0 Å². The quantitative estimate of drug-likeness (QED) is 0.809. The Balaban J connectivity index is 1.80. The number of hydrogen-bond donors (Lipinski definition) is 3. The summed E-state index contributed by atoms with van der Waals surface area (Å²) in [4.78, 5) is 23.3. The summed E-state index contributed by atoms with van der Waals surface area (Å²) >= 11 is 0. The number of rotatable bonds is 4. The lowest BCUT2D eigenvalue weighted by molar-refractivity contribution is -0.115. The second-order valence-electron chi connectivity index (χ2n) is 4.52. The fraction of sp³-hybridized carbons (Fsp3) is 0.0625. The minimum Gasteiger partial charge on any atom is -0.329 e. The molecule has 23 heavy (non-hydrogen) atoms.